The molecule has 3 heteroatoms. The standard InChI is InChI=1S/C21H22O3/c1-3-8-17(13-16-9-6-5-7-10-16)20(22)19-14-15(4-2)11-12-18(19)21(23)24/h5-7,9-14H,3-4,8H2,1-2H3,(H,23,24). The maximum absolute atomic E-state index is 13.0. The number of hydrogen-bond donors (Lipinski definition) is 1. The molecule has 0 aromatic heterocycles. The van der Waals surface area contributed by atoms with E-state index in [0.29, 0.717) is 12.0 Å². The second-order valence-corrected chi connectivity index (χ2v) is 5.70. The van der Waals surface area contributed by atoms with Gasteiger partial charge < -0.3 is 5.11 Å². The number of aryl methyl sites for hydroxylation is 1. The van der Waals surface area contributed by atoms with Gasteiger partial charge in [0.25, 0.3) is 0 Å². The fourth-order valence-corrected chi connectivity index (χ4v) is 2.63. The fourth-order valence-electron chi connectivity index (χ4n) is 2.63. The van der Waals surface area contributed by atoms with E-state index in [9.17, 15) is 14.7 Å². The summed E-state index contributed by atoms with van der Waals surface area (Å²) in [6, 6.07) is 14.6. The van der Waals surface area contributed by atoms with Gasteiger partial charge in [-0.25, -0.2) is 4.79 Å². The highest BCUT2D eigenvalue weighted by molar-refractivity contribution is 6.16. The molecule has 0 heterocycles. The molecule has 0 fully saturated rings. The van der Waals surface area contributed by atoms with Crippen molar-refractivity contribution in [3.63, 3.8) is 0 Å². The van der Waals surface area contributed by atoms with Crippen LogP contribution in [0.1, 0.15) is 58.5 Å². The third-order valence-electron chi connectivity index (χ3n) is 3.92. The second-order valence-electron chi connectivity index (χ2n) is 5.70. The predicted molar refractivity (Wildman–Crippen MR) is 96.4 cm³/mol. The highest BCUT2D eigenvalue weighted by atomic mass is 16.4. The molecular formula is C21H22O3. The van der Waals surface area contributed by atoms with Crippen LogP contribution < -0.4 is 0 Å². The summed E-state index contributed by atoms with van der Waals surface area (Å²) in [6.07, 6.45) is 4.05. The molecule has 0 saturated carbocycles. The maximum Gasteiger partial charge on any atom is 0.336 e. The lowest BCUT2D eigenvalue weighted by molar-refractivity contribution is 0.0692. The Bertz CT molecular complexity index is 758. The SMILES string of the molecule is CCCC(=Cc1ccccc1)C(=O)c1cc(CC)ccc1C(=O)O. The van der Waals surface area contributed by atoms with E-state index in [1.165, 1.54) is 6.07 Å². The maximum atomic E-state index is 13.0. The normalized spacial score (nSPS) is 11.3. The third kappa shape index (κ3) is 4.19. The van der Waals surface area contributed by atoms with Gasteiger partial charge in [-0.2, -0.15) is 0 Å². The van der Waals surface area contributed by atoms with Crippen molar-refractivity contribution in [1.82, 2.24) is 0 Å². The van der Waals surface area contributed by atoms with E-state index in [1.54, 1.807) is 12.1 Å². The Morgan fingerprint density at radius 1 is 1.00 bits per heavy atom. The van der Waals surface area contributed by atoms with Crippen molar-refractivity contribution in [3.05, 3.63) is 76.4 Å². The number of allylic oxidation sites excluding steroid dienone is 1. The minimum atomic E-state index is -1.07. The summed E-state index contributed by atoms with van der Waals surface area (Å²) in [5.74, 6) is -1.27. The predicted octanol–water partition coefficient (Wildman–Crippen LogP) is 5.01. The van der Waals surface area contributed by atoms with Crippen LogP contribution >= 0.6 is 0 Å². The minimum Gasteiger partial charge on any atom is -0.478 e. The van der Waals surface area contributed by atoms with E-state index in [0.717, 1.165) is 24.0 Å². The van der Waals surface area contributed by atoms with Crippen LogP contribution in [0.4, 0.5) is 0 Å². The third-order valence-corrected chi connectivity index (χ3v) is 3.92. The zero-order valence-corrected chi connectivity index (χ0v) is 14.1. The quantitative estimate of drug-likeness (QED) is 0.575. The van der Waals surface area contributed by atoms with Gasteiger partial charge in [0, 0.05) is 11.1 Å². The fraction of sp³-hybridized carbons (Fsp3) is 0.238. The van der Waals surface area contributed by atoms with Gasteiger partial charge in [0.15, 0.2) is 5.78 Å². The van der Waals surface area contributed by atoms with Crippen LogP contribution in [0.3, 0.4) is 0 Å². The molecule has 2 aromatic rings. The van der Waals surface area contributed by atoms with Gasteiger partial charge in [-0.1, -0.05) is 56.7 Å². The second kappa shape index (κ2) is 8.25. The van der Waals surface area contributed by atoms with Crippen LogP contribution in [0.2, 0.25) is 0 Å². The van der Waals surface area contributed by atoms with Crippen LogP contribution in [-0.2, 0) is 6.42 Å². The molecule has 0 spiro atoms. The smallest absolute Gasteiger partial charge is 0.336 e. The lowest BCUT2D eigenvalue weighted by Gasteiger charge is -2.10. The minimum absolute atomic E-state index is 0.0623. The number of rotatable bonds is 7. The van der Waals surface area contributed by atoms with Crippen molar-refractivity contribution < 1.29 is 14.7 Å². The number of carboxylic acid groups (broad SMARTS) is 1. The molecule has 0 aliphatic rings. The average molecular weight is 322 g/mol. The molecule has 0 saturated heterocycles. The number of Topliss-reactive ketones (excluding diaryl/α,β-unsaturated/α-hetero) is 1. The molecular weight excluding hydrogens is 300 g/mol. The number of hydrogen-bond acceptors (Lipinski definition) is 2. The van der Waals surface area contributed by atoms with Crippen molar-refractivity contribution >= 4 is 17.8 Å². The molecule has 24 heavy (non-hydrogen) atoms. The molecule has 0 bridgehead atoms. The van der Waals surface area contributed by atoms with Crippen molar-refractivity contribution in [2.45, 2.75) is 33.1 Å². The lowest BCUT2D eigenvalue weighted by Crippen LogP contribution is -2.11. The van der Waals surface area contributed by atoms with Crippen LogP contribution in [-0.4, -0.2) is 16.9 Å². The Labute approximate surface area is 142 Å². The van der Waals surface area contributed by atoms with E-state index in [-0.39, 0.29) is 16.9 Å². The Balaban J connectivity index is 2.50. The van der Waals surface area contributed by atoms with Crippen molar-refractivity contribution in [1.29, 1.82) is 0 Å². The van der Waals surface area contributed by atoms with Gasteiger partial charge in [-0.3, -0.25) is 4.79 Å². The van der Waals surface area contributed by atoms with Crippen LogP contribution in [0.15, 0.2) is 54.1 Å². The molecule has 0 aliphatic carbocycles. The van der Waals surface area contributed by atoms with E-state index in [2.05, 4.69) is 0 Å². The van der Waals surface area contributed by atoms with Gasteiger partial charge in [0.1, 0.15) is 0 Å². The molecule has 2 rings (SSSR count). The van der Waals surface area contributed by atoms with Gasteiger partial charge in [-0.05, 0) is 42.2 Å². The number of aromatic carboxylic acids is 1. The zero-order valence-electron chi connectivity index (χ0n) is 14.1. The summed E-state index contributed by atoms with van der Waals surface area (Å²) in [7, 11) is 0. The molecule has 2 aromatic carbocycles. The Hall–Kier alpha value is -2.68. The Morgan fingerprint density at radius 2 is 1.71 bits per heavy atom. The largest absolute Gasteiger partial charge is 0.478 e. The summed E-state index contributed by atoms with van der Waals surface area (Å²) >= 11 is 0. The molecule has 3 nitrogen and oxygen atoms in total. The Kier molecular flexibility index (Phi) is 6.07. The first-order valence-electron chi connectivity index (χ1n) is 8.23. The summed E-state index contributed by atoms with van der Waals surface area (Å²) in [4.78, 5) is 24.5. The van der Waals surface area contributed by atoms with Gasteiger partial charge >= 0.3 is 5.97 Å². The summed E-state index contributed by atoms with van der Waals surface area (Å²) < 4.78 is 0. The van der Waals surface area contributed by atoms with E-state index < -0.39 is 5.97 Å². The highest BCUT2D eigenvalue weighted by Crippen LogP contribution is 2.21. The molecule has 0 radical (unpaired) electrons. The number of benzene rings is 2. The Morgan fingerprint density at radius 3 is 2.29 bits per heavy atom. The first kappa shape index (κ1) is 17.7. The van der Waals surface area contributed by atoms with Crippen molar-refractivity contribution in [3.8, 4) is 0 Å². The van der Waals surface area contributed by atoms with E-state index in [4.69, 9.17) is 0 Å². The number of carbonyl (C=O) groups is 2. The van der Waals surface area contributed by atoms with Crippen LogP contribution in [0.5, 0.6) is 0 Å². The van der Waals surface area contributed by atoms with E-state index >= 15 is 0 Å². The van der Waals surface area contributed by atoms with Crippen LogP contribution in [0, 0.1) is 0 Å². The molecule has 0 atom stereocenters. The number of carbonyl (C=O) groups excluding carboxylic acids is 1. The number of carboxylic acids is 1. The molecule has 1 N–H and O–H groups in total. The van der Waals surface area contributed by atoms with Crippen molar-refractivity contribution in [2.75, 3.05) is 0 Å². The van der Waals surface area contributed by atoms with E-state index in [1.807, 2.05) is 50.3 Å². The van der Waals surface area contributed by atoms with Crippen LogP contribution in [0.25, 0.3) is 6.08 Å². The lowest BCUT2D eigenvalue weighted by atomic mass is 9.92. The first-order chi connectivity index (χ1) is 11.6. The summed E-state index contributed by atoms with van der Waals surface area (Å²) in [5.41, 5.74) is 2.88. The van der Waals surface area contributed by atoms with Gasteiger partial charge in [0.2, 0.25) is 0 Å². The summed E-state index contributed by atoms with van der Waals surface area (Å²) in [5, 5.41) is 9.41. The molecule has 0 unspecified atom stereocenters. The average Bonchev–Trinajstić information content (AvgIpc) is 2.61. The summed E-state index contributed by atoms with van der Waals surface area (Å²) in [6.45, 7) is 3.99. The highest BCUT2D eigenvalue weighted by Gasteiger charge is 2.20. The van der Waals surface area contributed by atoms with Gasteiger partial charge in [0.05, 0.1) is 5.56 Å². The zero-order chi connectivity index (χ0) is 17.5. The monoisotopic (exact) mass is 322 g/mol. The molecule has 124 valence electrons. The topological polar surface area (TPSA) is 54.4 Å². The van der Waals surface area contributed by atoms with Crippen molar-refractivity contribution in [2.24, 2.45) is 0 Å². The molecule has 0 aliphatic heterocycles. The number of ketones is 1. The first-order valence-corrected chi connectivity index (χ1v) is 8.23. The molecule has 0 amide bonds. The van der Waals surface area contributed by atoms with Gasteiger partial charge in [-0.15, -0.1) is 0 Å².